The van der Waals surface area contributed by atoms with E-state index in [0.717, 1.165) is 6.07 Å². The third kappa shape index (κ3) is 1.34. The first-order chi connectivity index (χ1) is 7.86. The van der Waals surface area contributed by atoms with Gasteiger partial charge in [0, 0.05) is 6.07 Å². The zero-order valence-corrected chi connectivity index (χ0v) is 8.82. The number of Topliss-reactive ketones (excluding diaryl/α,β-unsaturated/α-hetero) is 2. The smallest absolute Gasteiger partial charge is 0.271 e. The van der Waals surface area contributed by atoms with E-state index in [4.69, 9.17) is 11.6 Å². The van der Waals surface area contributed by atoms with E-state index < -0.39 is 45.7 Å². The molecular formula is C10H5ClO6. The number of allylic oxidation sites excluding steroid dienone is 1. The van der Waals surface area contributed by atoms with Crippen molar-refractivity contribution in [3.05, 3.63) is 28.0 Å². The number of aliphatic hydroxyl groups excluding tert-OH is 2. The SMILES string of the molecule is O=C1C(=O)c2c(O)c(Cl)cc(O)c2C(O)=C1O. The topological polar surface area (TPSA) is 115 Å². The number of halogens is 1. The van der Waals surface area contributed by atoms with Gasteiger partial charge in [0.25, 0.3) is 5.78 Å². The Hall–Kier alpha value is -2.21. The zero-order chi connectivity index (χ0) is 12.9. The van der Waals surface area contributed by atoms with Crippen LogP contribution in [0.4, 0.5) is 0 Å². The summed E-state index contributed by atoms with van der Waals surface area (Å²) in [6.07, 6.45) is 0. The molecule has 2 rings (SSSR count). The van der Waals surface area contributed by atoms with E-state index in [-0.39, 0.29) is 5.02 Å². The maximum Gasteiger partial charge on any atom is 0.271 e. The molecule has 17 heavy (non-hydrogen) atoms. The van der Waals surface area contributed by atoms with Crippen molar-refractivity contribution in [3.63, 3.8) is 0 Å². The Morgan fingerprint density at radius 3 is 2.06 bits per heavy atom. The van der Waals surface area contributed by atoms with Crippen molar-refractivity contribution < 1.29 is 30.0 Å². The second kappa shape index (κ2) is 3.39. The Balaban J connectivity index is 2.95. The number of aliphatic hydroxyl groups is 2. The number of benzene rings is 1. The molecule has 0 radical (unpaired) electrons. The number of rotatable bonds is 0. The first kappa shape index (κ1) is 11.3. The van der Waals surface area contributed by atoms with Gasteiger partial charge >= 0.3 is 0 Å². The molecule has 0 spiro atoms. The van der Waals surface area contributed by atoms with Crippen molar-refractivity contribution in [1.82, 2.24) is 0 Å². The van der Waals surface area contributed by atoms with Gasteiger partial charge in [-0.2, -0.15) is 0 Å². The molecule has 1 aliphatic rings. The summed E-state index contributed by atoms with van der Waals surface area (Å²) < 4.78 is 0. The monoisotopic (exact) mass is 256 g/mol. The fraction of sp³-hybridized carbons (Fsp3) is 0. The highest BCUT2D eigenvalue weighted by atomic mass is 35.5. The van der Waals surface area contributed by atoms with Gasteiger partial charge in [0.05, 0.1) is 16.1 Å². The molecular weight excluding hydrogens is 252 g/mol. The summed E-state index contributed by atoms with van der Waals surface area (Å²) in [6, 6.07) is 0.877. The van der Waals surface area contributed by atoms with Gasteiger partial charge in [-0.05, 0) is 0 Å². The molecule has 0 atom stereocenters. The fourth-order valence-electron chi connectivity index (χ4n) is 1.53. The highest BCUT2D eigenvalue weighted by Crippen LogP contribution is 2.42. The maximum absolute atomic E-state index is 11.5. The van der Waals surface area contributed by atoms with Crippen LogP contribution in [0.2, 0.25) is 5.02 Å². The van der Waals surface area contributed by atoms with Crippen LogP contribution in [-0.4, -0.2) is 32.0 Å². The summed E-state index contributed by atoms with van der Waals surface area (Å²) >= 11 is 5.51. The number of hydrogen-bond acceptors (Lipinski definition) is 6. The molecule has 1 aromatic carbocycles. The molecule has 7 heteroatoms. The lowest BCUT2D eigenvalue weighted by atomic mass is 9.91. The van der Waals surface area contributed by atoms with E-state index in [1.807, 2.05) is 0 Å². The second-order valence-corrected chi connectivity index (χ2v) is 3.74. The van der Waals surface area contributed by atoms with Crippen LogP contribution >= 0.6 is 11.6 Å². The highest BCUT2D eigenvalue weighted by Gasteiger charge is 2.38. The molecule has 6 nitrogen and oxygen atoms in total. The number of fused-ring (bicyclic) bond motifs is 1. The van der Waals surface area contributed by atoms with Gasteiger partial charge in [0.1, 0.15) is 11.5 Å². The predicted octanol–water partition coefficient (Wildman–Crippen LogP) is 1.30. The van der Waals surface area contributed by atoms with Crippen LogP contribution in [0, 0.1) is 0 Å². The maximum atomic E-state index is 11.5. The molecule has 0 saturated heterocycles. The predicted molar refractivity (Wildman–Crippen MR) is 56.3 cm³/mol. The van der Waals surface area contributed by atoms with Crippen LogP contribution in [0.25, 0.3) is 5.76 Å². The molecule has 0 amide bonds. The van der Waals surface area contributed by atoms with E-state index in [1.165, 1.54) is 0 Å². The third-order valence-electron chi connectivity index (χ3n) is 2.34. The summed E-state index contributed by atoms with van der Waals surface area (Å²) in [7, 11) is 0. The summed E-state index contributed by atoms with van der Waals surface area (Å²) in [5, 5.41) is 37.3. The molecule has 1 aliphatic carbocycles. The van der Waals surface area contributed by atoms with Crippen molar-refractivity contribution in [2.24, 2.45) is 0 Å². The number of phenolic OH excluding ortho intramolecular Hbond substituents is 2. The van der Waals surface area contributed by atoms with Crippen molar-refractivity contribution in [2.75, 3.05) is 0 Å². The largest absolute Gasteiger partial charge is 0.507 e. The summed E-state index contributed by atoms with van der Waals surface area (Å²) in [4.78, 5) is 22.7. The average molecular weight is 257 g/mol. The van der Waals surface area contributed by atoms with Gasteiger partial charge in [0.2, 0.25) is 11.5 Å². The fourth-order valence-corrected chi connectivity index (χ4v) is 1.73. The van der Waals surface area contributed by atoms with Gasteiger partial charge in [-0.25, -0.2) is 0 Å². The minimum absolute atomic E-state index is 0.350. The van der Waals surface area contributed by atoms with Gasteiger partial charge in [-0.15, -0.1) is 0 Å². The molecule has 4 N–H and O–H groups in total. The number of hydrogen-bond donors (Lipinski definition) is 4. The van der Waals surface area contributed by atoms with E-state index in [0.29, 0.717) is 0 Å². The first-order valence-corrected chi connectivity index (χ1v) is 4.70. The van der Waals surface area contributed by atoms with E-state index in [1.54, 1.807) is 0 Å². The molecule has 0 saturated carbocycles. The standard InChI is InChI=1S/C10H5ClO6/c11-2-1-3(12)4-5(6(2)13)8(15)10(17)9(16)7(4)14/h1,12-14,16H. The van der Waals surface area contributed by atoms with Crippen LogP contribution < -0.4 is 0 Å². The highest BCUT2D eigenvalue weighted by molar-refractivity contribution is 6.52. The number of aromatic hydroxyl groups is 2. The van der Waals surface area contributed by atoms with Gasteiger partial charge in [-0.1, -0.05) is 11.6 Å². The van der Waals surface area contributed by atoms with Gasteiger partial charge < -0.3 is 20.4 Å². The number of carbonyl (C=O) groups is 2. The molecule has 0 heterocycles. The van der Waals surface area contributed by atoms with Crippen LogP contribution in [0.1, 0.15) is 15.9 Å². The molecule has 0 aliphatic heterocycles. The molecule has 88 valence electrons. The van der Waals surface area contributed by atoms with Crippen molar-refractivity contribution in [2.45, 2.75) is 0 Å². The van der Waals surface area contributed by atoms with Gasteiger partial charge in [0.15, 0.2) is 5.76 Å². The van der Waals surface area contributed by atoms with Crippen LogP contribution in [0.15, 0.2) is 11.8 Å². The van der Waals surface area contributed by atoms with Crippen molar-refractivity contribution in [3.8, 4) is 11.5 Å². The second-order valence-electron chi connectivity index (χ2n) is 3.33. The van der Waals surface area contributed by atoms with Crippen molar-refractivity contribution >= 4 is 28.9 Å². The third-order valence-corrected chi connectivity index (χ3v) is 2.63. The quantitative estimate of drug-likeness (QED) is 0.411. The molecule has 0 aromatic heterocycles. The summed E-state index contributed by atoms with van der Waals surface area (Å²) in [5.41, 5.74) is -1.15. The molecule has 1 aromatic rings. The van der Waals surface area contributed by atoms with E-state index >= 15 is 0 Å². The Morgan fingerprint density at radius 1 is 0.882 bits per heavy atom. The van der Waals surface area contributed by atoms with E-state index in [9.17, 15) is 30.0 Å². The summed E-state index contributed by atoms with van der Waals surface area (Å²) in [6.45, 7) is 0. The van der Waals surface area contributed by atoms with Crippen molar-refractivity contribution in [1.29, 1.82) is 0 Å². The summed E-state index contributed by atoms with van der Waals surface area (Å²) in [5.74, 6) is -6.17. The Bertz CT molecular complexity index is 601. The minimum atomic E-state index is -1.38. The number of phenols is 2. The molecule has 0 unspecified atom stereocenters. The van der Waals surface area contributed by atoms with E-state index in [2.05, 4.69) is 0 Å². The lowest BCUT2D eigenvalue weighted by Crippen LogP contribution is -2.24. The average Bonchev–Trinajstić information content (AvgIpc) is 2.28. The number of ketones is 2. The Kier molecular flexibility index (Phi) is 2.25. The normalized spacial score (nSPS) is 15.1. The molecule has 0 bridgehead atoms. The zero-order valence-electron chi connectivity index (χ0n) is 8.06. The minimum Gasteiger partial charge on any atom is -0.507 e. The van der Waals surface area contributed by atoms with Gasteiger partial charge in [-0.3, -0.25) is 9.59 Å². The lowest BCUT2D eigenvalue weighted by Gasteiger charge is -2.17. The van der Waals surface area contributed by atoms with Crippen LogP contribution in [0.3, 0.4) is 0 Å². The van der Waals surface area contributed by atoms with Crippen LogP contribution in [0.5, 0.6) is 11.5 Å². The molecule has 0 fully saturated rings. The lowest BCUT2D eigenvalue weighted by molar-refractivity contribution is -0.114. The Labute approximate surface area is 99.0 Å². The number of carbonyl (C=O) groups excluding carboxylic acids is 2. The Morgan fingerprint density at radius 2 is 1.47 bits per heavy atom. The first-order valence-electron chi connectivity index (χ1n) is 4.32. The van der Waals surface area contributed by atoms with Crippen LogP contribution in [-0.2, 0) is 4.79 Å².